The highest BCUT2D eigenvalue weighted by atomic mass is 16.1. The second-order valence-corrected chi connectivity index (χ2v) is 5.71. The van der Waals surface area contributed by atoms with Gasteiger partial charge in [0.2, 0.25) is 5.91 Å². The minimum atomic E-state index is 0.0164. The van der Waals surface area contributed by atoms with Crippen molar-refractivity contribution in [1.82, 2.24) is 10.6 Å². The van der Waals surface area contributed by atoms with E-state index in [0.717, 1.165) is 25.5 Å². The molecule has 0 fully saturated rings. The van der Waals surface area contributed by atoms with Crippen LogP contribution in [0.3, 0.4) is 0 Å². The highest BCUT2D eigenvalue weighted by molar-refractivity contribution is 5.98. The first-order valence-electron chi connectivity index (χ1n) is 8.05. The van der Waals surface area contributed by atoms with Gasteiger partial charge >= 0.3 is 0 Å². The van der Waals surface area contributed by atoms with Crippen molar-refractivity contribution in [3.05, 3.63) is 29.8 Å². The summed E-state index contributed by atoms with van der Waals surface area (Å²) in [6.07, 6.45) is 1.05. The molecule has 1 aliphatic heterocycles. The number of benzene rings is 1. The summed E-state index contributed by atoms with van der Waals surface area (Å²) in [5, 5.41) is 6.24. The summed E-state index contributed by atoms with van der Waals surface area (Å²) in [6, 6.07) is 8.44. The molecule has 0 atom stereocenters. The van der Waals surface area contributed by atoms with Crippen molar-refractivity contribution >= 4 is 17.6 Å². The van der Waals surface area contributed by atoms with Gasteiger partial charge in [-0.1, -0.05) is 32.0 Å². The van der Waals surface area contributed by atoms with E-state index in [1.807, 2.05) is 13.8 Å². The van der Waals surface area contributed by atoms with Crippen LogP contribution in [0.5, 0.6) is 0 Å². The van der Waals surface area contributed by atoms with Gasteiger partial charge in [-0.15, -0.1) is 0 Å². The molecule has 0 saturated carbocycles. The third kappa shape index (κ3) is 4.00. The maximum atomic E-state index is 11.5. The van der Waals surface area contributed by atoms with E-state index < -0.39 is 0 Å². The number of guanidine groups is 1. The van der Waals surface area contributed by atoms with E-state index in [4.69, 9.17) is 0 Å². The van der Waals surface area contributed by atoms with E-state index in [9.17, 15) is 4.79 Å². The molecule has 0 aromatic heterocycles. The summed E-state index contributed by atoms with van der Waals surface area (Å²) in [6.45, 7) is 8.78. The normalized spacial score (nSPS) is 14.2. The SMILES string of the molecule is CCNC(=NCCNC(=O)C(C)C)N1CCc2ccccc21. The lowest BCUT2D eigenvalue weighted by Crippen LogP contribution is -2.41. The van der Waals surface area contributed by atoms with Crippen molar-refractivity contribution in [3.63, 3.8) is 0 Å². The molecule has 0 saturated heterocycles. The van der Waals surface area contributed by atoms with E-state index in [1.165, 1.54) is 11.3 Å². The zero-order valence-electron chi connectivity index (χ0n) is 13.7. The number of aliphatic imine (C=N–C) groups is 1. The zero-order valence-corrected chi connectivity index (χ0v) is 13.7. The number of nitrogens with one attached hydrogen (secondary N) is 2. The van der Waals surface area contributed by atoms with Gasteiger partial charge in [0.05, 0.1) is 6.54 Å². The molecule has 5 heteroatoms. The van der Waals surface area contributed by atoms with Crippen molar-refractivity contribution < 1.29 is 4.79 Å². The minimum Gasteiger partial charge on any atom is -0.356 e. The number of nitrogens with zero attached hydrogens (tertiary/aromatic N) is 2. The number of fused-ring (bicyclic) bond motifs is 1. The number of amides is 1. The fraction of sp³-hybridized carbons (Fsp3) is 0.529. The molecule has 1 aliphatic rings. The Morgan fingerprint density at radius 3 is 2.82 bits per heavy atom. The van der Waals surface area contributed by atoms with Gasteiger partial charge in [-0.25, -0.2) is 0 Å². The summed E-state index contributed by atoms with van der Waals surface area (Å²) in [7, 11) is 0. The van der Waals surface area contributed by atoms with Crippen LogP contribution in [0, 0.1) is 5.92 Å². The highest BCUT2D eigenvalue weighted by Crippen LogP contribution is 2.27. The molecule has 2 N–H and O–H groups in total. The third-order valence-electron chi connectivity index (χ3n) is 3.67. The minimum absolute atomic E-state index is 0.0164. The molecule has 5 nitrogen and oxygen atoms in total. The number of para-hydroxylation sites is 1. The Labute approximate surface area is 132 Å². The predicted molar refractivity (Wildman–Crippen MR) is 91.3 cm³/mol. The van der Waals surface area contributed by atoms with Gasteiger partial charge in [0, 0.05) is 31.2 Å². The molecule has 2 rings (SSSR count). The summed E-state index contributed by atoms with van der Waals surface area (Å²) in [4.78, 5) is 18.4. The number of carbonyl (C=O) groups excluding carboxylic acids is 1. The molecule has 1 amide bonds. The first-order valence-corrected chi connectivity index (χ1v) is 8.05. The lowest BCUT2D eigenvalue weighted by atomic mass is 10.2. The predicted octanol–water partition coefficient (Wildman–Crippen LogP) is 1.79. The van der Waals surface area contributed by atoms with Crippen LogP contribution in [-0.4, -0.2) is 38.0 Å². The number of carbonyl (C=O) groups is 1. The first kappa shape index (κ1) is 16.3. The molecule has 0 spiro atoms. The standard InChI is InChI=1S/C17H26N4O/c1-4-18-17(20-11-10-19-16(22)13(2)3)21-12-9-14-7-5-6-8-15(14)21/h5-8,13H,4,9-12H2,1-3H3,(H,18,20)(H,19,22). The van der Waals surface area contributed by atoms with Gasteiger partial charge in [-0.2, -0.15) is 0 Å². The van der Waals surface area contributed by atoms with Crippen molar-refractivity contribution in [1.29, 1.82) is 0 Å². The molecule has 1 aromatic carbocycles. The van der Waals surface area contributed by atoms with Crippen molar-refractivity contribution in [3.8, 4) is 0 Å². The van der Waals surface area contributed by atoms with Crippen LogP contribution >= 0.6 is 0 Å². The van der Waals surface area contributed by atoms with E-state index >= 15 is 0 Å². The number of rotatable bonds is 5. The molecule has 0 radical (unpaired) electrons. The summed E-state index contributed by atoms with van der Waals surface area (Å²) in [5.74, 6) is 0.987. The van der Waals surface area contributed by atoms with Gasteiger partial charge < -0.3 is 15.5 Å². The molecule has 0 aliphatic carbocycles. The first-order chi connectivity index (χ1) is 10.6. The number of hydrogen-bond donors (Lipinski definition) is 2. The van der Waals surface area contributed by atoms with Crippen LogP contribution in [0.25, 0.3) is 0 Å². The van der Waals surface area contributed by atoms with Crippen LogP contribution in [0.4, 0.5) is 5.69 Å². The average Bonchev–Trinajstić information content (AvgIpc) is 2.94. The average molecular weight is 302 g/mol. The van der Waals surface area contributed by atoms with Crippen molar-refractivity contribution in [2.24, 2.45) is 10.9 Å². The molecule has 1 heterocycles. The van der Waals surface area contributed by atoms with Crippen molar-refractivity contribution in [2.75, 3.05) is 31.1 Å². The van der Waals surface area contributed by atoms with Crippen LogP contribution in [0.2, 0.25) is 0 Å². The summed E-state index contributed by atoms with van der Waals surface area (Å²) >= 11 is 0. The van der Waals surface area contributed by atoms with Gasteiger partial charge in [0.1, 0.15) is 0 Å². The third-order valence-corrected chi connectivity index (χ3v) is 3.67. The highest BCUT2D eigenvalue weighted by Gasteiger charge is 2.22. The molecular formula is C17H26N4O. The van der Waals surface area contributed by atoms with Crippen LogP contribution in [-0.2, 0) is 11.2 Å². The quantitative estimate of drug-likeness (QED) is 0.495. The molecule has 22 heavy (non-hydrogen) atoms. The number of anilines is 1. The Kier molecular flexibility index (Phi) is 5.81. The molecule has 0 bridgehead atoms. The lowest BCUT2D eigenvalue weighted by Gasteiger charge is -2.22. The lowest BCUT2D eigenvalue weighted by molar-refractivity contribution is -0.123. The largest absolute Gasteiger partial charge is 0.356 e. The van der Waals surface area contributed by atoms with E-state index in [1.54, 1.807) is 0 Å². The molecular weight excluding hydrogens is 276 g/mol. The monoisotopic (exact) mass is 302 g/mol. The Balaban J connectivity index is 1.98. The van der Waals surface area contributed by atoms with Crippen LogP contribution in [0.15, 0.2) is 29.3 Å². The molecule has 1 aromatic rings. The van der Waals surface area contributed by atoms with Gasteiger partial charge in [0.15, 0.2) is 5.96 Å². The van der Waals surface area contributed by atoms with Gasteiger partial charge in [0.25, 0.3) is 0 Å². The zero-order chi connectivity index (χ0) is 15.9. The van der Waals surface area contributed by atoms with Crippen LogP contribution < -0.4 is 15.5 Å². The second-order valence-electron chi connectivity index (χ2n) is 5.71. The van der Waals surface area contributed by atoms with Gasteiger partial charge in [-0.3, -0.25) is 9.79 Å². The summed E-state index contributed by atoms with van der Waals surface area (Å²) < 4.78 is 0. The van der Waals surface area contributed by atoms with Crippen LogP contribution in [0.1, 0.15) is 26.3 Å². The Morgan fingerprint density at radius 1 is 1.32 bits per heavy atom. The summed E-state index contributed by atoms with van der Waals surface area (Å²) in [5.41, 5.74) is 2.59. The van der Waals surface area contributed by atoms with E-state index in [-0.39, 0.29) is 11.8 Å². The van der Waals surface area contributed by atoms with E-state index in [2.05, 4.69) is 51.7 Å². The Bertz CT molecular complexity index is 539. The Hall–Kier alpha value is -2.04. The topological polar surface area (TPSA) is 56.7 Å². The maximum absolute atomic E-state index is 11.5. The fourth-order valence-electron chi connectivity index (χ4n) is 2.50. The fourth-order valence-corrected chi connectivity index (χ4v) is 2.50. The van der Waals surface area contributed by atoms with Crippen molar-refractivity contribution in [2.45, 2.75) is 27.2 Å². The maximum Gasteiger partial charge on any atom is 0.222 e. The second kappa shape index (κ2) is 7.82. The molecule has 0 unspecified atom stereocenters. The molecule has 120 valence electrons. The smallest absolute Gasteiger partial charge is 0.222 e. The number of hydrogen-bond acceptors (Lipinski definition) is 2. The Morgan fingerprint density at radius 2 is 2.09 bits per heavy atom. The van der Waals surface area contributed by atoms with E-state index in [0.29, 0.717) is 13.1 Å². The van der Waals surface area contributed by atoms with Gasteiger partial charge in [-0.05, 0) is 25.0 Å².